The van der Waals surface area contributed by atoms with E-state index in [0.717, 1.165) is 23.1 Å². The predicted molar refractivity (Wildman–Crippen MR) is 167 cm³/mol. The molecule has 2 N–H and O–H groups in total. The van der Waals surface area contributed by atoms with Crippen LogP contribution in [0.3, 0.4) is 0 Å². The van der Waals surface area contributed by atoms with Gasteiger partial charge in [0.2, 0.25) is 0 Å². The number of hydrogen-bond donors (Lipinski definition) is 2. The Bertz CT molecular complexity index is 1830. The number of nitrogens with one attached hydrogen (secondary N) is 1. The van der Waals surface area contributed by atoms with Crippen molar-refractivity contribution in [3.63, 3.8) is 0 Å². The summed E-state index contributed by atoms with van der Waals surface area (Å²) in [7, 11) is 0. The van der Waals surface area contributed by atoms with Gasteiger partial charge in [-0.15, -0.1) is 0 Å². The molecule has 1 aromatic carbocycles. The Labute approximate surface area is 260 Å². The van der Waals surface area contributed by atoms with Gasteiger partial charge in [0.05, 0.1) is 22.8 Å². The molecule has 5 rings (SSSR count). The fourth-order valence-corrected chi connectivity index (χ4v) is 5.46. The zero-order valence-corrected chi connectivity index (χ0v) is 26.5. The van der Waals surface area contributed by atoms with E-state index in [9.17, 15) is 19.1 Å². The number of ether oxygens (including phenoxy) is 1. The number of aryl methyl sites for hydroxylation is 2. The van der Waals surface area contributed by atoms with Gasteiger partial charge in [0.25, 0.3) is 5.56 Å². The van der Waals surface area contributed by atoms with Gasteiger partial charge in [-0.25, -0.2) is 19.2 Å². The first-order valence-electron chi connectivity index (χ1n) is 14.3. The molecule has 0 aliphatic heterocycles. The summed E-state index contributed by atoms with van der Waals surface area (Å²) in [5, 5.41) is 13.0. The van der Waals surface area contributed by atoms with Gasteiger partial charge in [-0.3, -0.25) is 19.7 Å². The maximum atomic E-state index is 14.5. The zero-order chi connectivity index (χ0) is 32.1. The zero-order valence-electron chi connectivity index (χ0n) is 25.7. The number of carbonyl (C=O) groups is 1. The Hall–Kier alpha value is -4.15. The molecule has 1 amide bonds. The molecule has 0 unspecified atom stereocenters. The summed E-state index contributed by atoms with van der Waals surface area (Å²) in [6.07, 6.45) is 3.20. The van der Waals surface area contributed by atoms with E-state index in [1.165, 1.54) is 6.07 Å². The van der Waals surface area contributed by atoms with Crippen molar-refractivity contribution < 1.29 is 19.0 Å². The van der Waals surface area contributed by atoms with Gasteiger partial charge in [-0.05, 0) is 114 Å². The molecule has 2 atom stereocenters. The lowest BCUT2D eigenvalue weighted by Gasteiger charge is -2.20. The van der Waals surface area contributed by atoms with E-state index in [2.05, 4.69) is 20.3 Å². The number of benzene rings is 1. The molecule has 3 heterocycles. The summed E-state index contributed by atoms with van der Waals surface area (Å²) in [6.45, 7) is 12.1. The smallest absolute Gasteiger partial charge is 0.412 e. The monoisotopic (exact) mass is 619 g/mol. The second-order valence-corrected chi connectivity index (χ2v) is 13.1. The van der Waals surface area contributed by atoms with Crippen LogP contribution in [0.25, 0.3) is 17.1 Å². The molecule has 9 nitrogen and oxygen atoms in total. The first kappa shape index (κ1) is 31.3. The van der Waals surface area contributed by atoms with Crippen LogP contribution in [0.15, 0.2) is 53.6 Å². The molecule has 0 bridgehead atoms. The normalized spacial score (nSPS) is 16.5. The lowest BCUT2D eigenvalue weighted by Crippen LogP contribution is -2.27. The van der Waals surface area contributed by atoms with E-state index < -0.39 is 23.1 Å². The van der Waals surface area contributed by atoms with E-state index >= 15 is 0 Å². The summed E-state index contributed by atoms with van der Waals surface area (Å²) in [6, 6.07) is 9.97. The van der Waals surface area contributed by atoms with Crippen LogP contribution in [0.4, 0.5) is 14.9 Å². The number of aromatic nitrogens is 4. The molecular formula is C33H35ClFN5O4. The molecule has 0 radical (unpaired) electrons. The molecule has 1 aliphatic rings. The fraction of sp³-hybridized carbons (Fsp3) is 0.364. The van der Waals surface area contributed by atoms with E-state index in [1.807, 2.05) is 19.9 Å². The number of nitrogens with zero attached hydrogens (tertiary/aromatic N) is 4. The average molecular weight is 620 g/mol. The highest BCUT2D eigenvalue weighted by Gasteiger charge is 2.42. The minimum atomic E-state index is -1.23. The van der Waals surface area contributed by atoms with Gasteiger partial charge in [0.1, 0.15) is 22.0 Å². The average Bonchev–Trinajstić information content (AvgIpc) is 3.72. The summed E-state index contributed by atoms with van der Waals surface area (Å²) in [5.74, 6) is -0.358. The minimum Gasteiger partial charge on any atom is -0.444 e. The minimum absolute atomic E-state index is 0.000985. The first-order chi connectivity index (χ1) is 20.5. The molecular weight excluding hydrogens is 585 g/mol. The number of aliphatic hydroxyl groups is 1. The molecule has 11 heteroatoms. The van der Waals surface area contributed by atoms with Crippen molar-refractivity contribution in [3.8, 4) is 17.1 Å². The van der Waals surface area contributed by atoms with Crippen molar-refractivity contribution in [2.75, 3.05) is 5.32 Å². The Morgan fingerprint density at radius 2 is 1.80 bits per heavy atom. The number of amides is 1. The molecule has 0 spiro atoms. The second-order valence-electron chi connectivity index (χ2n) is 12.7. The van der Waals surface area contributed by atoms with E-state index in [0.29, 0.717) is 22.8 Å². The Morgan fingerprint density at radius 3 is 2.48 bits per heavy atom. The first-order valence-corrected chi connectivity index (χ1v) is 14.7. The molecule has 44 heavy (non-hydrogen) atoms. The summed E-state index contributed by atoms with van der Waals surface area (Å²) < 4.78 is 21.3. The van der Waals surface area contributed by atoms with E-state index in [-0.39, 0.29) is 33.9 Å². The van der Waals surface area contributed by atoms with Gasteiger partial charge in [-0.2, -0.15) is 0 Å². The SMILES string of the molecule is Cc1cnc(-c2ccnc(C(C)(C)O)n2)cc1-n1c(C)cc([C@H]2C[C@@H]2c2ccc(F)c(NC(=O)OC(C)(C)C)c2)c(Cl)c1=O. The molecule has 1 saturated carbocycles. The van der Waals surface area contributed by atoms with Gasteiger partial charge in [0, 0.05) is 18.1 Å². The van der Waals surface area contributed by atoms with Crippen molar-refractivity contribution in [1.29, 1.82) is 0 Å². The largest absolute Gasteiger partial charge is 0.444 e. The van der Waals surface area contributed by atoms with Crippen molar-refractivity contribution in [3.05, 3.63) is 98.2 Å². The van der Waals surface area contributed by atoms with Gasteiger partial charge < -0.3 is 9.84 Å². The molecule has 1 fully saturated rings. The summed E-state index contributed by atoms with van der Waals surface area (Å²) >= 11 is 6.74. The van der Waals surface area contributed by atoms with Gasteiger partial charge in [-0.1, -0.05) is 17.7 Å². The summed E-state index contributed by atoms with van der Waals surface area (Å²) in [4.78, 5) is 39.1. The maximum Gasteiger partial charge on any atom is 0.412 e. The lowest BCUT2D eigenvalue weighted by molar-refractivity contribution is 0.0634. The third-order valence-electron chi connectivity index (χ3n) is 7.39. The van der Waals surface area contributed by atoms with Crippen LogP contribution in [0.1, 0.15) is 81.1 Å². The number of rotatable bonds is 6. The lowest BCUT2D eigenvalue weighted by atomic mass is 10.0. The van der Waals surface area contributed by atoms with Crippen LogP contribution < -0.4 is 10.9 Å². The molecule has 230 valence electrons. The van der Waals surface area contributed by atoms with E-state index in [4.69, 9.17) is 16.3 Å². The van der Waals surface area contributed by atoms with Crippen molar-refractivity contribution in [2.45, 2.75) is 77.9 Å². The maximum absolute atomic E-state index is 14.5. The van der Waals surface area contributed by atoms with E-state index in [1.54, 1.807) is 75.8 Å². The number of carbonyl (C=O) groups excluding carboxylic acids is 1. The highest BCUT2D eigenvalue weighted by atomic mass is 35.5. The van der Waals surface area contributed by atoms with Crippen molar-refractivity contribution in [1.82, 2.24) is 19.5 Å². The van der Waals surface area contributed by atoms with Crippen LogP contribution >= 0.6 is 11.6 Å². The highest BCUT2D eigenvalue weighted by Crippen LogP contribution is 2.56. The second kappa shape index (κ2) is 11.4. The van der Waals surface area contributed by atoms with Crippen molar-refractivity contribution in [2.24, 2.45) is 0 Å². The van der Waals surface area contributed by atoms with Crippen LogP contribution in [0.5, 0.6) is 0 Å². The third-order valence-corrected chi connectivity index (χ3v) is 7.77. The Balaban J connectivity index is 1.44. The Morgan fingerprint density at radius 1 is 1.07 bits per heavy atom. The molecule has 3 aromatic heterocycles. The number of anilines is 1. The molecule has 4 aromatic rings. The fourth-order valence-electron chi connectivity index (χ4n) is 5.18. The molecule has 0 saturated heterocycles. The van der Waals surface area contributed by atoms with Crippen LogP contribution in [0.2, 0.25) is 5.02 Å². The van der Waals surface area contributed by atoms with Crippen LogP contribution in [0, 0.1) is 19.7 Å². The van der Waals surface area contributed by atoms with Gasteiger partial charge in [0.15, 0.2) is 5.82 Å². The topological polar surface area (TPSA) is 119 Å². The highest BCUT2D eigenvalue weighted by molar-refractivity contribution is 6.31. The quantitative estimate of drug-likeness (QED) is 0.240. The van der Waals surface area contributed by atoms with Gasteiger partial charge >= 0.3 is 6.09 Å². The summed E-state index contributed by atoms with van der Waals surface area (Å²) in [5.41, 5.74) is 2.34. The third kappa shape index (κ3) is 6.51. The molecule has 1 aliphatic carbocycles. The predicted octanol–water partition coefficient (Wildman–Crippen LogP) is 6.94. The number of pyridine rings is 2. The van der Waals surface area contributed by atoms with Crippen LogP contribution in [-0.4, -0.2) is 36.3 Å². The Kier molecular flexibility index (Phi) is 8.11. The number of hydrogen-bond acceptors (Lipinski definition) is 7. The van der Waals surface area contributed by atoms with Crippen molar-refractivity contribution >= 4 is 23.4 Å². The number of halogens is 2. The standard InChI is InChI=1S/C33H35ClFN5O4/c1-17-16-37-26(24-10-11-36-30(38-24)33(6,7)43)15-27(17)40-18(2)12-22(28(34)29(40)41)21-14-20(21)19-8-9-23(35)25(13-19)39-31(42)44-32(3,4)5/h8-13,15-16,20-21,43H,14H2,1-7H3,(H,39,42)/t20-,21+/m1/s1. The van der Waals surface area contributed by atoms with Crippen LogP contribution in [-0.2, 0) is 10.3 Å².